The summed E-state index contributed by atoms with van der Waals surface area (Å²) >= 11 is 0. The third-order valence-electron chi connectivity index (χ3n) is 2.36. The molecule has 2 heteroatoms. The number of hydrogen-bond acceptors (Lipinski definition) is 1. The number of halogens is 1. The van der Waals surface area contributed by atoms with Crippen LogP contribution in [0.5, 0.6) is 5.75 Å². The summed E-state index contributed by atoms with van der Waals surface area (Å²) in [5, 5.41) is 0. The molecule has 1 aromatic rings. The van der Waals surface area contributed by atoms with E-state index in [1.54, 1.807) is 6.07 Å². The lowest BCUT2D eigenvalue weighted by molar-refractivity contribution is 0.307. The average molecular weight is 210 g/mol. The van der Waals surface area contributed by atoms with Crippen LogP contribution in [0.25, 0.3) is 0 Å². The van der Waals surface area contributed by atoms with Crippen LogP contribution in [0.4, 0.5) is 4.39 Å². The Labute approximate surface area is 91.3 Å². The largest absolute Gasteiger partial charge is 0.493 e. The van der Waals surface area contributed by atoms with Gasteiger partial charge in [-0.05, 0) is 24.0 Å². The first-order valence-electron chi connectivity index (χ1n) is 5.57. The van der Waals surface area contributed by atoms with Crippen molar-refractivity contribution in [2.45, 2.75) is 39.5 Å². The van der Waals surface area contributed by atoms with Crippen LogP contribution in [0.1, 0.15) is 45.1 Å². The Morgan fingerprint density at radius 1 is 1.33 bits per heavy atom. The first-order valence-corrected chi connectivity index (χ1v) is 5.57. The van der Waals surface area contributed by atoms with Crippen LogP contribution in [0.3, 0.4) is 0 Å². The molecule has 0 amide bonds. The van der Waals surface area contributed by atoms with Crippen LogP contribution in [0, 0.1) is 5.82 Å². The fourth-order valence-corrected chi connectivity index (χ4v) is 1.40. The molecule has 0 bridgehead atoms. The fourth-order valence-electron chi connectivity index (χ4n) is 1.40. The van der Waals surface area contributed by atoms with Crippen molar-refractivity contribution in [1.82, 2.24) is 0 Å². The quantitative estimate of drug-likeness (QED) is 0.664. The minimum absolute atomic E-state index is 0.168. The minimum Gasteiger partial charge on any atom is -0.493 e. The standard InChI is InChI=1S/C13H19FO/c1-4-5-8-15-11-6-7-12(10(2)3)13(14)9-11/h6-7,9-10H,4-5,8H2,1-3H3. The van der Waals surface area contributed by atoms with Crippen LogP contribution in [-0.2, 0) is 0 Å². The van der Waals surface area contributed by atoms with E-state index in [1.165, 1.54) is 6.07 Å². The van der Waals surface area contributed by atoms with Crippen LogP contribution in [0.2, 0.25) is 0 Å². The lowest BCUT2D eigenvalue weighted by Crippen LogP contribution is -1.99. The second-order valence-corrected chi connectivity index (χ2v) is 4.04. The molecule has 0 atom stereocenters. The highest BCUT2D eigenvalue weighted by molar-refractivity contribution is 5.30. The van der Waals surface area contributed by atoms with E-state index in [0.29, 0.717) is 12.4 Å². The Kier molecular flexibility index (Phi) is 4.60. The first-order chi connectivity index (χ1) is 7.15. The van der Waals surface area contributed by atoms with Crippen LogP contribution >= 0.6 is 0 Å². The third kappa shape index (κ3) is 3.54. The molecule has 0 fully saturated rings. The number of benzene rings is 1. The summed E-state index contributed by atoms with van der Waals surface area (Å²) < 4.78 is 19.0. The van der Waals surface area contributed by atoms with Crippen LogP contribution in [-0.4, -0.2) is 6.61 Å². The molecule has 1 nitrogen and oxygen atoms in total. The van der Waals surface area contributed by atoms with Gasteiger partial charge in [0.25, 0.3) is 0 Å². The van der Waals surface area contributed by atoms with Gasteiger partial charge in [-0.2, -0.15) is 0 Å². The van der Waals surface area contributed by atoms with Crippen molar-refractivity contribution in [3.8, 4) is 5.75 Å². The van der Waals surface area contributed by atoms with E-state index in [1.807, 2.05) is 19.9 Å². The Morgan fingerprint density at radius 2 is 2.07 bits per heavy atom. The van der Waals surface area contributed by atoms with Crippen molar-refractivity contribution in [3.63, 3.8) is 0 Å². The Balaban J connectivity index is 2.65. The Hall–Kier alpha value is -1.05. The van der Waals surface area contributed by atoms with E-state index in [9.17, 15) is 4.39 Å². The molecule has 0 heterocycles. The molecule has 0 radical (unpaired) electrons. The first kappa shape index (κ1) is 12.0. The van der Waals surface area contributed by atoms with Crippen molar-refractivity contribution in [1.29, 1.82) is 0 Å². The minimum atomic E-state index is -0.168. The summed E-state index contributed by atoms with van der Waals surface area (Å²) in [6, 6.07) is 5.13. The van der Waals surface area contributed by atoms with Gasteiger partial charge < -0.3 is 4.74 Å². The summed E-state index contributed by atoms with van der Waals surface area (Å²) in [6.45, 7) is 6.73. The van der Waals surface area contributed by atoms with Gasteiger partial charge in [0.2, 0.25) is 0 Å². The van der Waals surface area contributed by atoms with Gasteiger partial charge in [0.15, 0.2) is 0 Å². The molecule has 0 saturated heterocycles. The van der Waals surface area contributed by atoms with E-state index in [2.05, 4.69) is 6.92 Å². The summed E-state index contributed by atoms with van der Waals surface area (Å²) in [5.41, 5.74) is 0.748. The SMILES string of the molecule is CCCCOc1ccc(C(C)C)c(F)c1. The van der Waals surface area contributed by atoms with Gasteiger partial charge in [0, 0.05) is 6.07 Å². The average Bonchev–Trinajstić information content (AvgIpc) is 2.17. The van der Waals surface area contributed by atoms with Gasteiger partial charge in [-0.25, -0.2) is 4.39 Å². The topological polar surface area (TPSA) is 9.23 Å². The van der Waals surface area contributed by atoms with Gasteiger partial charge in [-0.3, -0.25) is 0 Å². The smallest absolute Gasteiger partial charge is 0.130 e. The molecule has 0 aliphatic carbocycles. The van der Waals surface area contributed by atoms with Crippen molar-refractivity contribution < 1.29 is 9.13 Å². The molecular weight excluding hydrogens is 191 g/mol. The van der Waals surface area contributed by atoms with Crippen molar-refractivity contribution in [2.24, 2.45) is 0 Å². The molecule has 0 aliphatic heterocycles. The van der Waals surface area contributed by atoms with Crippen molar-refractivity contribution in [3.05, 3.63) is 29.6 Å². The molecular formula is C13H19FO. The molecule has 0 aromatic heterocycles. The maximum Gasteiger partial charge on any atom is 0.130 e. The van der Waals surface area contributed by atoms with Gasteiger partial charge >= 0.3 is 0 Å². The number of hydrogen-bond donors (Lipinski definition) is 0. The predicted molar refractivity (Wildman–Crippen MR) is 60.9 cm³/mol. The van der Waals surface area contributed by atoms with E-state index >= 15 is 0 Å². The molecule has 0 spiro atoms. The van der Waals surface area contributed by atoms with Gasteiger partial charge in [-0.1, -0.05) is 33.3 Å². The third-order valence-corrected chi connectivity index (χ3v) is 2.36. The predicted octanol–water partition coefficient (Wildman–Crippen LogP) is 4.13. The molecule has 15 heavy (non-hydrogen) atoms. The number of rotatable bonds is 5. The number of ether oxygens (including phenoxy) is 1. The zero-order valence-electron chi connectivity index (χ0n) is 9.72. The molecule has 0 unspecified atom stereocenters. The van der Waals surface area contributed by atoms with Gasteiger partial charge in [0.05, 0.1) is 6.61 Å². The summed E-state index contributed by atoms with van der Waals surface area (Å²) in [7, 11) is 0. The van der Waals surface area contributed by atoms with Crippen molar-refractivity contribution in [2.75, 3.05) is 6.61 Å². The normalized spacial score (nSPS) is 10.7. The van der Waals surface area contributed by atoms with Crippen LogP contribution < -0.4 is 4.74 Å². The summed E-state index contributed by atoms with van der Waals surface area (Å²) in [5.74, 6) is 0.680. The van der Waals surface area contributed by atoms with Gasteiger partial charge in [-0.15, -0.1) is 0 Å². The van der Waals surface area contributed by atoms with E-state index in [-0.39, 0.29) is 11.7 Å². The highest BCUT2D eigenvalue weighted by Crippen LogP contribution is 2.22. The second-order valence-electron chi connectivity index (χ2n) is 4.04. The summed E-state index contributed by atoms with van der Waals surface area (Å²) in [6.07, 6.45) is 2.10. The highest BCUT2D eigenvalue weighted by Gasteiger charge is 2.07. The van der Waals surface area contributed by atoms with Gasteiger partial charge in [0.1, 0.15) is 11.6 Å². The maximum atomic E-state index is 13.5. The summed E-state index contributed by atoms with van der Waals surface area (Å²) in [4.78, 5) is 0. The molecule has 0 aliphatic rings. The fraction of sp³-hybridized carbons (Fsp3) is 0.538. The molecule has 1 aromatic carbocycles. The van der Waals surface area contributed by atoms with Crippen molar-refractivity contribution >= 4 is 0 Å². The lowest BCUT2D eigenvalue weighted by Gasteiger charge is -2.10. The van der Waals surface area contributed by atoms with E-state index in [4.69, 9.17) is 4.74 Å². The molecule has 0 saturated carbocycles. The highest BCUT2D eigenvalue weighted by atomic mass is 19.1. The molecule has 0 N–H and O–H groups in total. The monoisotopic (exact) mass is 210 g/mol. The second kappa shape index (κ2) is 5.74. The molecule has 84 valence electrons. The zero-order valence-corrected chi connectivity index (χ0v) is 9.72. The maximum absolute atomic E-state index is 13.5. The van der Waals surface area contributed by atoms with E-state index in [0.717, 1.165) is 18.4 Å². The molecule has 1 rings (SSSR count). The Bertz CT molecular complexity index is 307. The van der Waals surface area contributed by atoms with E-state index < -0.39 is 0 Å². The number of unbranched alkanes of at least 4 members (excludes halogenated alkanes) is 1. The van der Waals surface area contributed by atoms with Crippen LogP contribution in [0.15, 0.2) is 18.2 Å². The zero-order chi connectivity index (χ0) is 11.3. The Morgan fingerprint density at radius 3 is 2.60 bits per heavy atom. The lowest BCUT2D eigenvalue weighted by atomic mass is 10.0.